The van der Waals surface area contributed by atoms with Crippen LogP contribution >= 0.6 is 15.9 Å². The first-order chi connectivity index (χ1) is 7.49. The number of nitrogens with one attached hydrogen (secondary N) is 1. The zero-order chi connectivity index (χ0) is 12.1. The summed E-state index contributed by atoms with van der Waals surface area (Å²) in [4.78, 5) is 0. The normalized spacial score (nSPS) is 13.1. The molecule has 0 heterocycles. The Morgan fingerprint density at radius 1 is 1.31 bits per heavy atom. The largest absolute Gasteiger partial charge is 0.314 e. The Bertz CT molecular complexity index is 339. The number of rotatable bonds is 5. The lowest BCUT2D eigenvalue weighted by Gasteiger charge is -2.15. The van der Waals surface area contributed by atoms with E-state index < -0.39 is 0 Å². The summed E-state index contributed by atoms with van der Waals surface area (Å²) in [5.74, 6) is 0.323. The van der Waals surface area contributed by atoms with E-state index in [0.717, 1.165) is 23.0 Å². The van der Waals surface area contributed by atoms with Crippen LogP contribution in [0.1, 0.15) is 26.3 Å². The average molecular weight is 288 g/mol. The Balaban J connectivity index is 2.52. The number of hydrogen-bond donors (Lipinski definition) is 1. The fourth-order valence-electron chi connectivity index (χ4n) is 1.57. The smallest absolute Gasteiger partial charge is 0.127 e. The molecular weight excluding hydrogens is 269 g/mol. The molecule has 1 atom stereocenters. The molecule has 0 aliphatic rings. The van der Waals surface area contributed by atoms with Crippen LogP contribution in [-0.4, -0.2) is 12.6 Å². The maximum atomic E-state index is 13.6. The van der Waals surface area contributed by atoms with Crippen molar-refractivity contribution in [3.8, 4) is 0 Å². The topological polar surface area (TPSA) is 12.0 Å². The molecule has 1 unspecified atom stereocenters. The van der Waals surface area contributed by atoms with Crippen molar-refractivity contribution in [2.45, 2.75) is 33.2 Å². The molecule has 0 aliphatic heterocycles. The van der Waals surface area contributed by atoms with E-state index >= 15 is 0 Å². The third-order valence-electron chi connectivity index (χ3n) is 2.46. The second-order valence-electron chi connectivity index (χ2n) is 4.61. The van der Waals surface area contributed by atoms with Gasteiger partial charge < -0.3 is 5.32 Å². The van der Waals surface area contributed by atoms with Gasteiger partial charge in [0.25, 0.3) is 0 Å². The average Bonchev–Trinajstić information content (AvgIpc) is 2.19. The highest BCUT2D eigenvalue weighted by Crippen LogP contribution is 2.17. The number of hydrogen-bond acceptors (Lipinski definition) is 1. The molecule has 0 spiro atoms. The highest BCUT2D eigenvalue weighted by molar-refractivity contribution is 9.10. The van der Waals surface area contributed by atoms with Gasteiger partial charge >= 0.3 is 0 Å². The molecule has 1 nitrogen and oxygen atoms in total. The van der Waals surface area contributed by atoms with Gasteiger partial charge in [-0.2, -0.15) is 0 Å². The highest BCUT2D eigenvalue weighted by Gasteiger charge is 2.08. The summed E-state index contributed by atoms with van der Waals surface area (Å²) >= 11 is 3.26. The Kier molecular flexibility index (Phi) is 5.42. The van der Waals surface area contributed by atoms with Gasteiger partial charge in [-0.1, -0.05) is 42.8 Å². The highest BCUT2D eigenvalue weighted by atomic mass is 79.9. The van der Waals surface area contributed by atoms with E-state index in [1.807, 2.05) is 12.1 Å². The summed E-state index contributed by atoms with van der Waals surface area (Å²) in [7, 11) is 0. The lowest BCUT2D eigenvalue weighted by Crippen LogP contribution is -2.28. The van der Waals surface area contributed by atoms with Gasteiger partial charge in [0.15, 0.2) is 0 Å². The SMILES string of the molecule is CC(CNC(C)C)Cc1ccc(Br)cc1F. The van der Waals surface area contributed by atoms with E-state index in [-0.39, 0.29) is 5.82 Å². The van der Waals surface area contributed by atoms with Gasteiger partial charge in [0, 0.05) is 10.5 Å². The van der Waals surface area contributed by atoms with Gasteiger partial charge in [0.2, 0.25) is 0 Å². The molecule has 0 aliphatic carbocycles. The maximum Gasteiger partial charge on any atom is 0.127 e. The molecule has 0 saturated carbocycles. The van der Waals surface area contributed by atoms with Gasteiger partial charge in [-0.15, -0.1) is 0 Å². The first-order valence-corrected chi connectivity index (χ1v) is 6.45. The van der Waals surface area contributed by atoms with E-state index in [9.17, 15) is 4.39 Å². The summed E-state index contributed by atoms with van der Waals surface area (Å²) in [6, 6.07) is 5.75. The minimum Gasteiger partial charge on any atom is -0.314 e. The molecule has 0 fully saturated rings. The summed E-state index contributed by atoms with van der Waals surface area (Å²) in [6.07, 6.45) is 0.777. The van der Waals surface area contributed by atoms with Crippen LogP contribution in [0, 0.1) is 11.7 Å². The van der Waals surface area contributed by atoms with E-state index in [1.54, 1.807) is 0 Å². The Morgan fingerprint density at radius 2 is 2.00 bits per heavy atom. The maximum absolute atomic E-state index is 13.6. The molecule has 90 valence electrons. The Morgan fingerprint density at radius 3 is 2.56 bits per heavy atom. The lowest BCUT2D eigenvalue weighted by molar-refractivity contribution is 0.467. The predicted molar refractivity (Wildman–Crippen MR) is 70.1 cm³/mol. The fourth-order valence-corrected chi connectivity index (χ4v) is 1.90. The molecule has 16 heavy (non-hydrogen) atoms. The zero-order valence-electron chi connectivity index (χ0n) is 10.1. The first kappa shape index (κ1) is 13.7. The van der Waals surface area contributed by atoms with Crippen LogP contribution < -0.4 is 5.32 Å². The molecule has 1 N–H and O–H groups in total. The van der Waals surface area contributed by atoms with Gasteiger partial charge in [0.1, 0.15) is 5.82 Å². The van der Waals surface area contributed by atoms with Gasteiger partial charge in [-0.3, -0.25) is 0 Å². The molecule has 1 rings (SSSR count). The van der Waals surface area contributed by atoms with Crippen molar-refractivity contribution >= 4 is 15.9 Å². The van der Waals surface area contributed by atoms with Crippen LogP contribution in [0.2, 0.25) is 0 Å². The third kappa shape index (κ3) is 4.62. The van der Waals surface area contributed by atoms with E-state index in [1.165, 1.54) is 6.07 Å². The van der Waals surface area contributed by atoms with Gasteiger partial charge in [0.05, 0.1) is 0 Å². The molecule has 0 saturated heterocycles. The van der Waals surface area contributed by atoms with Crippen LogP contribution in [0.4, 0.5) is 4.39 Å². The Hall–Kier alpha value is -0.410. The van der Waals surface area contributed by atoms with Crippen molar-refractivity contribution in [1.29, 1.82) is 0 Å². The van der Waals surface area contributed by atoms with Crippen molar-refractivity contribution in [1.82, 2.24) is 5.32 Å². The van der Waals surface area contributed by atoms with E-state index in [4.69, 9.17) is 0 Å². The quantitative estimate of drug-likeness (QED) is 0.869. The van der Waals surface area contributed by atoms with E-state index in [0.29, 0.717) is 12.0 Å². The Labute approximate surface area is 106 Å². The molecule has 3 heteroatoms. The third-order valence-corrected chi connectivity index (χ3v) is 2.95. The molecule has 0 radical (unpaired) electrons. The van der Waals surface area contributed by atoms with Crippen molar-refractivity contribution in [3.63, 3.8) is 0 Å². The second kappa shape index (κ2) is 6.36. The molecule has 1 aromatic carbocycles. The van der Waals surface area contributed by atoms with Gasteiger partial charge in [-0.05, 0) is 36.6 Å². The number of benzene rings is 1. The molecule has 0 aromatic heterocycles. The van der Waals surface area contributed by atoms with Gasteiger partial charge in [-0.25, -0.2) is 4.39 Å². The summed E-state index contributed by atoms with van der Waals surface area (Å²) in [6.45, 7) is 7.30. The van der Waals surface area contributed by atoms with Crippen molar-refractivity contribution in [3.05, 3.63) is 34.1 Å². The van der Waals surface area contributed by atoms with Crippen LogP contribution in [-0.2, 0) is 6.42 Å². The minimum atomic E-state index is -0.120. The monoisotopic (exact) mass is 287 g/mol. The van der Waals surface area contributed by atoms with Crippen LogP contribution in [0.15, 0.2) is 22.7 Å². The van der Waals surface area contributed by atoms with Crippen molar-refractivity contribution in [2.75, 3.05) is 6.54 Å². The van der Waals surface area contributed by atoms with Crippen LogP contribution in [0.5, 0.6) is 0 Å². The summed E-state index contributed by atoms with van der Waals surface area (Å²) in [5.41, 5.74) is 0.793. The lowest BCUT2D eigenvalue weighted by atomic mass is 10.0. The minimum absolute atomic E-state index is 0.120. The van der Waals surface area contributed by atoms with E-state index in [2.05, 4.69) is 42.0 Å². The first-order valence-electron chi connectivity index (χ1n) is 5.66. The van der Waals surface area contributed by atoms with Crippen molar-refractivity contribution in [2.24, 2.45) is 5.92 Å². The summed E-state index contributed by atoms with van der Waals surface area (Å²) < 4.78 is 14.4. The molecule has 0 amide bonds. The van der Waals surface area contributed by atoms with Crippen LogP contribution in [0.3, 0.4) is 0 Å². The second-order valence-corrected chi connectivity index (χ2v) is 5.52. The zero-order valence-corrected chi connectivity index (χ0v) is 11.6. The van der Waals surface area contributed by atoms with Crippen molar-refractivity contribution < 1.29 is 4.39 Å². The van der Waals surface area contributed by atoms with Crippen LogP contribution in [0.25, 0.3) is 0 Å². The fraction of sp³-hybridized carbons (Fsp3) is 0.538. The number of halogens is 2. The molecular formula is C13H19BrFN. The molecule has 1 aromatic rings. The standard InChI is InChI=1S/C13H19BrFN/c1-9(2)16-8-10(3)6-11-4-5-12(14)7-13(11)15/h4-5,7,9-10,16H,6,8H2,1-3H3. The molecule has 0 bridgehead atoms. The summed E-state index contributed by atoms with van der Waals surface area (Å²) in [5, 5.41) is 3.36. The predicted octanol–water partition coefficient (Wildman–Crippen LogP) is 3.76.